The average Bonchev–Trinajstić information content (AvgIpc) is 3.23. The highest BCUT2D eigenvalue weighted by Gasteiger charge is 2.38. The Bertz CT molecular complexity index is 967. The number of aromatic nitrogens is 4. The molecule has 2 aromatic heterocycles. The lowest BCUT2D eigenvalue weighted by molar-refractivity contribution is -0.159. The van der Waals surface area contributed by atoms with Gasteiger partial charge in [-0.2, -0.15) is 18.2 Å². The van der Waals surface area contributed by atoms with Crippen LogP contribution in [0.3, 0.4) is 0 Å². The molecule has 0 aliphatic rings. The number of aryl methyl sites for hydroxylation is 1. The van der Waals surface area contributed by atoms with Crippen molar-refractivity contribution in [3.05, 3.63) is 53.7 Å². The maximum Gasteiger partial charge on any atom is 0.471 e. The van der Waals surface area contributed by atoms with Crippen LogP contribution < -0.4 is 0 Å². The van der Waals surface area contributed by atoms with E-state index >= 15 is 0 Å². The third-order valence-corrected chi connectivity index (χ3v) is 4.40. The van der Waals surface area contributed by atoms with E-state index in [0.717, 1.165) is 11.8 Å². The summed E-state index contributed by atoms with van der Waals surface area (Å²) in [6, 6.07) is 3.37. The number of nitrogens with zero attached hydrogens (tertiary/aromatic N) is 4. The first-order valence-corrected chi connectivity index (χ1v) is 8.68. The molecule has 0 unspecified atom stereocenters. The molecule has 0 fully saturated rings. The molecular weight excluding hydrogens is 388 g/mol. The summed E-state index contributed by atoms with van der Waals surface area (Å²) >= 11 is 1.28. The topological polar surface area (TPSA) is 73.8 Å². The van der Waals surface area contributed by atoms with Crippen molar-refractivity contribution in [1.29, 1.82) is 0 Å². The summed E-state index contributed by atoms with van der Waals surface area (Å²) in [5.74, 6) is -2.71. The van der Waals surface area contributed by atoms with Crippen molar-refractivity contribution in [2.45, 2.75) is 11.9 Å². The molecule has 11 heteroatoms. The molecule has 0 N–H and O–H groups in total. The zero-order valence-corrected chi connectivity index (χ0v) is 14.6. The summed E-state index contributed by atoms with van der Waals surface area (Å²) in [6.07, 6.45) is -1.34. The maximum absolute atomic E-state index is 14.2. The Balaban J connectivity index is 1.67. The molecule has 0 aliphatic heterocycles. The Labute approximate surface area is 154 Å². The van der Waals surface area contributed by atoms with Crippen LogP contribution in [0.15, 0.2) is 35.2 Å². The average molecular weight is 400 g/mol. The second kappa shape index (κ2) is 7.51. The minimum atomic E-state index is -4.79. The fourth-order valence-electron chi connectivity index (χ4n) is 2.20. The van der Waals surface area contributed by atoms with Crippen molar-refractivity contribution in [1.82, 2.24) is 19.7 Å². The van der Waals surface area contributed by atoms with E-state index in [1.165, 1.54) is 23.9 Å². The molecule has 0 saturated carbocycles. The minimum Gasteiger partial charge on any atom is -0.340 e. The summed E-state index contributed by atoms with van der Waals surface area (Å²) in [4.78, 5) is 19.5. The predicted molar refractivity (Wildman–Crippen MR) is 88.4 cm³/mol. The summed E-state index contributed by atoms with van der Waals surface area (Å²) < 4.78 is 57.6. The number of ketones is 1. The highest BCUT2D eigenvalue weighted by atomic mass is 32.2. The smallest absolute Gasteiger partial charge is 0.340 e. The first kappa shape index (κ1) is 19.1. The number of alkyl halides is 3. The molecule has 3 aromatic rings. The molecule has 0 aliphatic carbocycles. The molecular formula is C16H12F4N4O2S. The van der Waals surface area contributed by atoms with E-state index in [9.17, 15) is 22.4 Å². The minimum absolute atomic E-state index is 0.0237. The van der Waals surface area contributed by atoms with Crippen LogP contribution in [0.5, 0.6) is 0 Å². The maximum atomic E-state index is 14.2. The molecule has 0 atom stereocenters. The molecule has 142 valence electrons. The molecule has 0 saturated heterocycles. The van der Waals surface area contributed by atoms with Gasteiger partial charge in [0.05, 0.1) is 23.3 Å². The van der Waals surface area contributed by atoms with Crippen LogP contribution in [0.2, 0.25) is 0 Å². The number of hydrogen-bond donors (Lipinski definition) is 0. The molecule has 0 spiro atoms. The van der Waals surface area contributed by atoms with E-state index in [-0.39, 0.29) is 16.9 Å². The molecule has 27 heavy (non-hydrogen) atoms. The van der Waals surface area contributed by atoms with Crippen molar-refractivity contribution in [3.63, 3.8) is 0 Å². The fraction of sp³-hybridized carbons (Fsp3) is 0.250. The summed E-state index contributed by atoms with van der Waals surface area (Å²) in [7, 11) is 1.82. The van der Waals surface area contributed by atoms with Gasteiger partial charge in [-0.15, -0.1) is 11.8 Å². The van der Waals surface area contributed by atoms with Crippen molar-refractivity contribution in [3.8, 4) is 11.4 Å². The van der Waals surface area contributed by atoms with E-state index in [1.807, 2.05) is 13.2 Å². The van der Waals surface area contributed by atoms with Gasteiger partial charge in [0, 0.05) is 24.6 Å². The quantitative estimate of drug-likeness (QED) is 0.464. The van der Waals surface area contributed by atoms with Crippen LogP contribution in [0, 0.1) is 5.82 Å². The Morgan fingerprint density at radius 2 is 2.11 bits per heavy atom. The van der Waals surface area contributed by atoms with Crippen LogP contribution in [-0.4, -0.2) is 31.2 Å². The number of carbonyl (C=O) groups excluding carboxylic acids is 1. The number of Topliss-reactive ketones (excluding diaryl/α,β-unsaturated/α-hetero) is 1. The Morgan fingerprint density at radius 1 is 1.33 bits per heavy atom. The van der Waals surface area contributed by atoms with E-state index in [2.05, 4.69) is 19.6 Å². The lowest BCUT2D eigenvalue weighted by atomic mass is 10.1. The van der Waals surface area contributed by atoms with Gasteiger partial charge in [0.2, 0.25) is 5.82 Å². The van der Waals surface area contributed by atoms with Crippen LogP contribution >= 0.6 is 11.8 Å². The van der Waals surface area contributed by atoms with Crippen molar-refractivity contribution >= 4 is 17.5 Å². The van der Waals surface area contributed by atoms with E-state index in [0.29, 0.717) is 5.75 Å². The monoisotopic (exact) mass is 400 g/mol. The lowest BCUT2D eigenvalue weighted by Gasteiger charge is -2.04. The number of halogens is 4. The van der Waals surface area contributed by atoms with Gasteiger partial charge in [0.1, 0.15) is 5.82 Å². The SMILES string of the molecule is Cn1cnc(CSCC(=O)c2ccc(-c3noc(C(F)(F)F)n3)cc2F)c1. The summed E-state index contributed by atoms with van der Waals surface area (Å²) in [5.41, 5.74) is 0.611. The van der Waals surface area contributed by atoms with Crippen LogP contribution in [0.4, 0.5) is 17.6 Å². The molecule has 2 heterocycles. The zero-order chi connectivity index (χ0) is 19.6. The number of imidazole rings is 1. The third kappa shape index (κ3) is 4.54. The zero-order valence-electron chi connectivity index (χ0n) is 13.8. The number of carbonyl (C=O) groups is 1. The Kier molecular flexibility index (Phi) is 5.31. The molecule has 3 rings (SSSR count). The van der Waals surface area contributed by atoms with E-state index in [4.69, 9.17) is 0 Å². The fourth-order valence-corrected chi connectivity index (χ4v) is 3.00. The standard InChI is InChI=1S/C16H12F4N4O2S/c1-24-5-10(21-8-24)6-27-7-13(25)11-3-2-9(4-12(11)17)14-22-15(26-23-14)16(18,19)20/h2-5,8H,6-7H2,1H3. The van der Waals surface area contributed by atoms with Crippen LogP contribution in [0.1, 0.15) is 21.9 Å². The van der Waals surface area contributed by atoms with Crippen molar-refractivity contribution in [2.24, 2.45) is 7.05 Å². The van der Waals surface area contributed by atoms with Gasteiger partial charge in [0.25, 0.3) is 0 Å². The lowest BCUT2D eigenvalue weighted by Crippen LogP contribution is -2.06. The van der Waals surface area contributed by atoms with Gasteiger partial charge >= 0.3 is 12.1 Å². The first-order valence-electron chi connectivity index (χ1n) is 7.52. The highest BCUT2D eigenvalue weighted by Crippen LogP contribution is 2.29. The Hall–Kier alpha value is -2.69. The molecule has 0 amide bonds. The van der Waals surface area contributed by atoms with Gasteiger partial charge < -0.3 is 9.09 Å². The van der Waals surface area contributed by atoms with Gasteiger partial charge in [-0.05, 0) is 12.1 Å². The van der Waals surface area contributed by atoms with Crippen LogP contribution in [0.25, 0.3) is 11.4 Å². The largest absolute Gasteiger partial charge is 0.471 e. The summed E-state index contributed by atoms with van der Waals surface area (Å²) in [5, 5.41) is 3.18. The number of hydrogen-bond acceptors (Lipinski definition) is 6. The van der Waals surface area contributed by atoms with Gasteiger partial charge in [0.15, 0.2) is 5.78 Å². The second-order valence-electron chi connectivity index (χ2n) is 5.56. The summed E-state index contributed by atoms with van der Waals surface area (Å²) in [6.45, 7) is 0. The number of thioether (sulfide) groups is 1. The first-order chi connectivity index (χ1) is 12.7. The van der Waals surface area contributed by atoms with E-state index in [1.54, 1.807) is 10.9 Å². The Morgan fingerprint density at radius 3 is 2.70 bits per heavy atom. The van der Waals surface area contributed by atoms with Gasteiger partial charge in [-0.1, -0.05) is 11.2 Å². The molecule has 0 radical (unpaired) electrons. The van der Waals surface area contributed by atoms with Gasteiger partial charge in [-0.25, -0.2) is 9.37 Å². The molecule has 0 bridgehead atoms. The molecule has 6 nitrogen and oxygen atoms in total. The van der Waals surface area contributed by atoms with Crippen molar-refractivity contribution in [2.75, 3.05) is 5.75 Å². The number of rotatable bonds is 6. The third-order valence-electron chi connectivity index (χ3n) is 3.44. The van der Waals surface area contributed by atoms with Crippen molar-refractivity contribution < 1.29 is 26.9 Å². The molecule has 1 aromatic carbocycles. The predicted octanol–water partition coefficient (Wildman–Crippen LogP) is 3.74. The van der Waals surface area contributed by atoms with Gasteiger partial charge in [-0.3, -0.25) is 4.79 Å². The van der Waals surface area contributed by atoms with Crippen LogP contribution in [-0.2, 0) is 19.0 Å². The second-order valence-corrected chi connectivity index (χ2v) is 6.55. The number of benzene rings is 1. The normalized spacial score (nSPS) is 11.7. The van der Waals surface area contributed by atoms with E-state index < -0.39 is 29.5 Å². The highest BCUT2D eigenvalue weighted by molar-refractivity contribution is 7.99.